The van der Waals surface area contributed by atoms with Gasteiger partial charge in [0.1, 0.15) is 5.82 Å². The summed E-state index contributed by atoms with van der Waals surface area (Å²) in [5, 5.41) is 0. The fraction of sp³-hybridized carbons (Fsp3) is 0.125. The molecule has 2 N–H and O–H groups in total. The summed E-state index contributed by atoms with van der Waals surface area (Å²) >= 11 is 1.89. The third kappa shape index (κ3) is 1.74. The SMILES string of the molecule is CC(=O)c1cc(F)cc(I)c1N. The Kier molecular flexibility index (Phi) is 2.66. The Balaban J connectivity index is 3.37. The highest BCUT2D eigenvalue weighted by atomic mass is 127. The van der Waals surface area contributed by atoms with Gasteiger partial charge in [0, 0.05) is 9.13 Å². The van der Waals surface area contributed by atoms with Gasteiger partial charge in [-0.05, 0) is 41.6 Å². The Labute approximate surface area is 83.1 Å². The second-order valence-corrected chi connectivity index (χ2v) is 3.57. The number of nitrogens with two attached hydrogens (primary N) is 1. The lowest BCUT2D eigenvalue weighted by molar-refractivity contribution is 0.101. The van der Waals surface area contributed by atoms with Crippen molar-refractivity contribution in [1.82, 2.24) is 0 Å². The van der Waals surface area contributed by atoms with E-state index in [0.29, 0.717) is 9.26 Å². The second kappa shape index (κ2) is 3.38. The zero-order valence-electron chi connectivity index (χ0n) is 6.40. The maximum absolute atomic E-state index is 12.8. The second-order valence-electron chi connectivity index (χ2n) is 2.41. The fourth-order valence-electron chi connectivity index (χ4n) is 0.876. The summed E-state index contributed by atoms with van der Waals surface area (Å²) in [5.74, 6) is -0.649. The van der Waals surface area contributed by atoms with E-state index in [2.05, 4.69) is 0 Å². The van der Waals surface area contributed by atoms with Gasteiger partial charge in [-0.3, -0.25) is 4.79 Å². The van der Waals surface area contributed by atoms with E-state index in [4.69, 9.17) is 5.73 Å². The molecule has 0 atom stereocenters. The minimum Gasteiger partial charge on any atom is -0.397 e. The van der Waals surface area contributed by atoms with Gasteiger partial charge in [0.15, 0.2) is 5.78 Å². The lowest BCUT2D eigenvalue weighted by Crippen LogP contribution is -2.02. The van der Waals surface area contributed by atoms with Crippen molar-refractivity contribution < 1.29 is 9.18 Å². The number of nitrogen functional groups attached to an aromatic ring is 1. The largest absolute Gasteiger partial charge is 0.397 e. The Morgan fingerprint density at radius 2 is 2.17 bits per heavy atom. The standard InChI is InChI=1S/C8H7FINO/c1-4(12)6-2-5(9)3-7(10)8(6)11/h2-3H,11H2,1H3. The van der Waals surface area contributed by atoms with Crippen molar-refractivity contribution in [2.75, 3.05) is 5.73 Å². The summed E-state index contributed by atoms with van der Waals surface area (Å²) in [6.45, 7) is 1.36. The number of Topliss-reactive ketones (excluding diaryl/α,β-unsaturated/α-hetero) is 1. The average molecular weight is 279 g/mol. The van der Waals surface area contributed by atoms with Crippen LogP contribution in [0.25, 0.3) is 0 Å². The topological polar surface area (TPSA) is 43.1 Å². The third-order valence-electron chi connectivity index (χ3n) is 1.47. The summed E-state index contributed by atoms with van der Waals surface area (Å²) in [5.41, 5.74) is 6.16. The van der Waals surface area contributed by atoms with E-state index < -0.39 is 5.82 Å². The first-order chi connectivity index (χ1) is 5.52. The molecule has 0 unspecified atom stereocenters. The minimum absolute atomic E-state index is 0.218. The first kappa shape index (κ1) is 9.44. The molecule has 0 saturated heterocycles. The van der Waals surface area contributed by atoms with Gasteiger partial charge in [-0.1, -0.05) is 0 Å². The number of carbonyl (C=O) groups excluding carboxylic acids is 1. The van der Waals surface area contributed by atoms with Gasteiger partial charge in [0.2, 0.25) is 0 Å². The molecule has 4 heteroatoms. The van der Waals surface area contributed by atoms with Crippen LogP contribution in [0.4, 0.5) is 10.1 Å². The van der Waals surface area contributed by atoms with Crippen molar-refractivity contribution >= 4 is 34.1 Å². The molecule has 1 aromatic carbocycles. The van der Waals surface area contributed by atoms with E-state index in [1.165, 1.54) is 13.0 Å². The summed E-state index contributed by atoms with van der Waals surface area (Å²) in [6.07, 6.45) is 0. The van der Waals surface area contributed by atoms with Gasteiger partial charge < -0.3 is 5.73 Å². The highest BCUT2D eigenvalue weighted by Gasteiger charge is 2.09. The molecule has 1 aromatic rings. The van der Waals surface area contributed by atoms with E-state index in [1.807, 2.05) is 22.6 Å². The van der Waals surface area contributed by atoms with Crippen LogP contribution in [-0.2, 0) is 0 Å². The van der Waals surface area contributed by atoms with Crippen molar-refractivity contribution in [3.63, 3.8) is 0 Å². The Morgan fingerprint density at radius 1 is 1.58 bits per heavy atom. The van der Waals surface area contributed by atoms with Gasteiger partial charge in [-0.25, -0.2) is 4.39 Å². The van der Waals surface area contributed by atoms with Crippen LogP contribution in [0.15, 0.2) is 12.1 Å². The van der Waals surface area contributed by atoms with Crippen LogP contribution >= 0.6 is 22.6 Å². The zero-order valence-corrected chi connectivity index (χ0v) is 8.55. The number of ketones is 1. The van der Waals surface area contributed by atoms with E-state index >= 15 is 0 Å². The maximum Gasteiger partial charge on any atom is 0.162 e. The molecule has 0 fully saturated rings. The minimum atomic E-state index is -0.432. The van der Waals surface area contributed by atoms with Crippen molar-refractivity contribution in [2.24, 2.45) is 0 Å². The zero-order chi connectivity index (χ0) is 9.30. The molecule has 0 saturated carbocycles. The van der Waals surface area contributed by atoms with Crippen LogP contribution in [-0.4, -0.2) is 5.78 Å². The van der Waals surface area contributed by atoms with E-state index in [-0.39, 0.29) is 11.3 Å². The van der Waals surface area contributed by atoms with Crippen LogP contribution in [0.3, 0.4) is 0 Å². The number of halogens is 2. The number of rotatable bonds is 1. The number of carbonyl (C=O) groups is 1. The van der Waals surface area contributed by atoms with Gasteiger partial charge in [0.05, 0.1) is 5.69 Å². The van der Waals surface area contributed by atoms with Crippen LogP contribution in [0, 0.1) is 9.39 Å². The highest BCUT2D eigenvalue weighted by molar-refractivity contribution is 14.1. The molecule has 64 valence electrons. The molecule has 0 aliphatic rings. The Bertz CT molecular complexity index is 338. The van der Waals surface area contributed by atoms with Crippen LogP contribution < -0.4 is 5.73 Å². The Hall–Kier alpha value is -0.650. The number of benzene rings is 1. The summed E-state index contributed by atoms with van der Waals surface area (Å²) in [6, 6.07) is 2.45. The molecule has 0 aliphatic carbocycles. The van der Waals surface area contributed by atoms with Crippen LogP contribution in [0.1, 0.15) is 17.3 Å². The summed E-state index contributed by atoms with van der Waals surface area (Å²) < 4.78 is 13.3. The molecule has 1 rings (SSSR count). The number of anilines is 1. The van der Waals surface area contributed by atoms with E-state index in [0.717, 1.165) is 6.07 Å². The normalized spacial score (nSPS) is 9.92. The number of hydrogen-bond acceptors (Lipinski definition) is 2. The van der Waals surface area contributed by atoms with Gasteiger partial charge in [0.25, 0.3) is 0 Å². The predicted octanol–water partition coefficient (Wildman–Crippen LogP) is 2.22. The molecule has 0 radical (unpaired) electrons. The van der Waals surface area contributed by atoms with Crippen molar-refractivity contribution in [3.8, 4) is 0 Å². The van der Waals surface area contributed by atoms with Gasteiger partial charge in [-0.2, -0.15) is 0 Å². The Morgan fingerprint density at radius 3 is 2.67 bits per heavy atom. The number of hydrogen-bond donors (Lipinski definition) is 1. The average Bonchev–Trinajstić information content (AvgIpc) is 1.96. The summed E-state index contributed by atoms with van der Waals surface area (Å²) in [4.78, 5) is 10.9. The molecule has 0 aliphatic heterocycles. The molecule has 0 spiro atoms. The van der Waals surface area contributed by atoms with Gasteiger partial charge >= 0.3 is 0 Å². The third-order valence-corrected chi connectivity index (χ3v) is 2.37. The molecule has 0 amide bonds. The first-order valence-electron chi connectivity index (χ1n) is 3.28. The van der Waals surface area contributed by atoms with E-state index in [1.54, 1.807) is 0 Å². The quantitative estimate of drug-likeness (QED) is 0.486. The molecular formula is C8H7FINO. The smallest absolute Gasteiger partial charge is 0.162 e. The highest BCUT2D eigenvalue weighted by Crippen LogP contribution is 2.21. The first-order valence-corrected chi connectivity index (χ1v) is 4.35. The van der Waals surface area contributed by atoms with E-state index in [9.17, 15) is 9.18 Å². The molecular weight excluding hydrogens is 272 g/mol. The molecule has 0 aromatic heterocycles. The monoisotopic (exact) mass is 279 g/mol. The predicted molar refractivity (Wildman–Crippen MR) is 53.5 cm³/mol. The molecule has 2 nitrogen and oxygen atoms in total. The maximum atomic E-state index is 12.8. The van der Waals surface area contributed by atoms with Crippen LogP contribution in [0.5, 0.6) is 0 Å². The molecule has 0 heterocycles. The lowest BCUT2D eigenvalue weighted by atomic mass is 10.1. The van der Waals surface area contributed by atoms with Crippen molar-refractivity contribution in [1.29, 1.82) is 0 Å². The van der Waals surface area contributed by atoms with Crippen LogP contribution in [0.2, 0.25) is 0 Å². The molecule has 0 bridgehead atoms. The fourth-order valence-corrected chi connectivity index (χ4v) is 1.46. The van der Waals surface area contributed by atoms with Crippen molar-refractivity contribution in [2.45, 2.75) is 6.92 Å². The molecule has 12 heavy (non-hydrogen) atoms. The lowest BCUT2D eigenvalue weighted by Gasteiger charge is -2.03. The van der Waals surface area contributed by atoms with Crippen molar-refractivity contribution in [3.05, 3.63) is 27.1 Å². The van der Waals surface area contributed by atoms with Gasteiger partial charge in [-0.15, -0.1) is 0 Å². The summed E-state index contributed by atoms with van der Waals surface area (Å²) in [7, 11) is 0.